The Labute approximate surface area is 210 Å². The molecule has 4 aromatic carbocycles. The number of carbonyl (C=O) groups excluding carboxylic acids is 1. The minimum atomic E-state index is -0.276. The Bertz CT molecular complexity index is 1510. The van der Waals surface area contributed by atoms with Gasteiger partial charge in [-0.05, 0) is 80.0 Å². The summed E-state index contributed by atoms with van der Waals surface area (Å²) in [7, 11) is 0. The fraction of sp³-hybridized carbons (Fsp3) is 0.138. The number of allylic oxidation sites excluding steroid dienone is 1. The van der Waals surface area contributed by atoms with E-state index in [1.165, 1.54) is 38.6 Å². The molecule has 2 atom stereocenters. The van der Waals surface area contributed by atoms with E-state index in [0.717, 1.165) is 25.8 Å². The topological polar surface area (TPSA) is 29.1 Å². The number of rotatable bonds is 2. The average Bonchev–Trinajstić information content (AvgIpc) is 3.30. The Kier molecular flexibility index (Phi) is 4.86. The summed E-state index contributed by atoms with van der Waals surface area (Å²) in [5.41, 5.74) is 9.27. The number of nitrogens with one attached hydrogen (secondary N) is 1. The summed E-state index contributed by atoms with van der Waals surface area (Å²) in [6.45, 7) is 4.30. The number of benzene rings is 4. The smallest absolute Gasteiger partial charge is 0.233 e. The van der Waals surface area contributed by atoms with Crippen LogP contribution in [0.25, 0.3) is 16.3 Å². The standard InChI is InChI=1S/C29H21Br2NO/c1-15-22(30)14-23(31)28-26(15)27(29(33)32-28)25-16(2)24(20-11-5-6-12-21(20)25)19-13-7-9-17-8-3-4-10-18(17)19/h3-14,25,27H,1-2H3,(H,32,33). The van der Waals surface area contributed by atoms with E-state index in [4.69, 9.17) is 0 Å². The van der Waals surface area contributed by atoms with E-state index in [2.05, 4.69) is 118 Å². The van der Waals surface area contributed by atoms with Crippen LogP contribution in [0.5, 0.6) is 0 Å². The van der Waals surface area contributed by atoms with Crippen LogP contribution < -0.4 is 5.32 Å². The molecule has 0 aromatic heterocycles. The first kappa shape index (κ1) is 20.9. The molecule has 4 heteroatoms. The fourth-order valence-corrected chi connectivity index (χ4v) is 7.02. The van der Waals surface area contributed by atoms with Crippen molar-refractivity contribution >= 4 is 59.8 Å². The second-order valence-electron chi connectivity index (χ2n) is 8.87. The third kappa shape index (κ3) is 3.00. The first-order valence-corrected chi connectivity index (χ1v) is 12.6. The first-order valence-electron chi connectivity index (χ1n) is 11.0. The van der Waals surface area contributed by atoms with E-state index >= 15 is 0 Å². The molecule has 2 nitrogen and oxygen atoms in total. The summed E-state index contributed by atoms with van der Waals surface area (Å²) >= 11 is 7.36. The van der Waals surface area contributed by atoms with Gasteiger partial charge in [0, 0.05) is 14.9 Å². The largest absolute Gasteiger partial charge is 0.324 e. The predicted molar refractivity (Wildman–Crippen MR) is 143 cm³/mol. The van der Waals surface area contributed by atoms with Crippen LogP contribution in [0.4, 0.5) is 5.69 Å². The van der Waals surface area contributed by atoms with E-state index in [1.807, 2.05) is 6.07 Å². The number of halogens is 2. The number of hydrogen-bond donors (Lipinski definition) is 1. The van der Waals surface area contributed by atoms with Crippen LogP contribution in [-0.4, -0.2) is 5.91 Å². The highest BCUT2D eigenvalue weighted by molar-refractivity contribution is 9.11. The van der Waals surface area contributed by atoms with Crippen molar-refractivity contribution < 1.29 is 4.79 Å². The Morgan fingerprint density at radius 1 is 0.788 bits per heavy atom. The van der Waals surface area contributed by atoms with Gasteiger partial charge in [0.15, 0.2) is 0 Å². The van der Waals surface area contributed by atoms with E-state index in [0.29, 0.717) is 0 Å². The van der Waals surface area contributed by atoms with Gasteiger partial charge >= 0.3 is 0 Å². The van der Waals surface area contributed by atoms with Gasteiger partial charge in [-0.15, -0.1) is 0 Å². The lowest BCUT2D eigenvalue weighted by Crippen LogP contribution is -2.20. The van der Waals surface area contributed by atoms with Gasteiger partial charge < -0.3 is 5.32 Å². The van der Waals surface area contributed by atoms with E-state index in [9.17, 15) is 4.79 Å². The van der Waals surface area contributed by atoms with Gasteiger partial charge in [-0.1, -0.05) is 88.2 Å². The Morgan fingerprint density at radius 2 is 1.48 bits per heavy atom. The molecule has 0 saturated heterocycles. The summed E-state index contributed by atoms with van der Waals surface area (Å²) in [5.74, 6) is -0.232. The van der Waals surface area contributed by atoms with E-state index < -0.39 is 0 Å². The molecule has 4 aromatic rings. The Morgan fingerprint density at radius 3 is 2.33 bits per heavy atom. The molecule has 1 amide bonds. The van der Waals surface area contributed by atoms with E-state index in [1.54, 1.807) is 0 Å². The van der Waals surface area contributed by atoms with Crippen LogP contribution in [0.15, 0.2) is 87.3 Å². The highest BCUT2D eigenvalue weighted by Gasteiger charge is 2.44. The molecule has 2 unspecified atom stereocenters. The zero-order valence-electron chi connectivity index (χ0n) is 18.2. The van der Waals surface area contributed by atoms with Crippen molar-refractivity contribution in [1.82, 2.24) is 0 Å². The molecule has 2 aliphatic rings. The maximum Gasteiger partial charge on any atom is 0.233 e. The third-order valence-corrected chi connectivity index (χ3v) is 8.63. The summed E-state index contributed by atoms with van der Waals surface area (Å²) in [6, 6.07) is 25.6. The lowest BCUT2D eigenvalue weighted by atomic mass is 9.79. The predicted octanol–water partition coefficient (Wildman–Crippen LogP) is 8.33. The van der Waals surface area contributed by atoms with Crippen LogP contribution in [0.1, 0.15) is 46.6 Å². The van der Waals surface area contributed by atoms with Crippen molar-refractivity contribution in [3.05, 3.63) is 115 Å². The first-order chi connectivity index (χ1) is 16.0. The molecule has 0 spiro atoms. The summed E-state index contributed by atoms with van der Waals surface area (Å²) in [5, 5.41) is 5.63. The zero-order valence-corrected chi connectivity index (χ0v) is 21.4. The van der Waals surface area contributed by atoms with Crippen molar-refractivity contribution in [2.45, 2.75) is 25.7 Å². The number of hydrogen-bond acceptors (Lipinski definition) is 1. The van der Waals surface area contributed by atoms with Crippen molar-refractivity contribution in [2.75, 3.05) is 5.32 Å². The molecule has 0 saturated carbocycles. The second-order valence-corrected chi connectivity index (χ2v) is 10.6. The normalized spacial score (nSPS) is 19.1. The van der Waals surface area contributed by atoms with E-state index in [-0.39, 0.29) is 17.7 Å². The van der Waals surface area contributed by atoms with Gasteiger partial charge in [-0.25, -0.2) is 0 Å². The van der Waals surface area contributed by atoms with Gasteiger partial charge in [0.2, 0.25) is 5.91 Å². The number of fused-ring (bicyclic) bond motifs is 3. The quantitative estimate of drug-likeness (QED) is 0.263. The summed E-state index contributed by atoms with van der Waals surface area (Å²) in [4.78, 5) is 13.5. The lowest BCUT2D eigenvalue weighted by molar-refractivity contribution is -0.117. The SMILES string of the molecule is CC1=C(c2cccc3ccccc23)c2ccccc2C1C1C(=O)Nc2c(Br)cc(Br)c(C)c21. The highest BCUT2D eigenvalue weighted by Crippen LogP contribution is 2.56. The molecule has 6 rings (SSSR count). The minimum Gasteiger partial charge on any atom is -0.324 e. The van der Waals surface area contributed by atoms with Crippen molar-refractivity contribution in [2.24, 2.45) is 0 Å². The molecular weight excluding hydrogens is 538 g/mol. The lowest BCUT2D eigenvalue weighted by Gasteiger charge is -2.22. The monoisotopic (exact) mass is 557 g/mol. The van der Waals surface area contributed by atoms with Crippen molar-refractivity contribution in [3.8, 4) is 0 Å². The average molecular weight is 559 g/mol. The maximum absolute atomic E-state index is 13.5. The number of anilines is 1. The molecule has 0 radical (unpaired) electrons. The summed E-state index contributed by atoms with van der Waals surface area (Å²) in [6.07, 6.45) is 0. The van der Waals surface area contributed by atoms with Gasteiger partial charge in [-0.2, -0.15) is 0 Å². The van der Waals surface area contributed by atoms with Crippen LogP contribution in [0.3, 0.4) is 0 Å². The van der Waals surface area contributed by atoms with Gasteiger partial charge in [0.1, 0.15) is 0 Å². The molecule has 0 fully saturated rings. The minimum absolute atomic E-state index is 0.0173. The molecular formula is C29H21Br2NO. The number of amides is 1. The van der Waals surface area contributed by atoms with Crippen LogP contribution in [0, 0.1) is 6.92 Å². The maximum atomic E-state index is 13.5. The van der Waals surface area contributed by atoms with Gasteiger partial charge in [0.05, 0.1) is 11.6 Å². The van der Waals surface area contributed by atoms with Crippen LogP contribution in [-0.2, 0) is 4.79 Å². The Balaban J connectivity index is 1.63. The van der Waals surface area contributed by atoms with Gasteiger partial charge in [0.25, 0.3) is 0 Å². The fourth-order valence-electron chi connectivity index (χ4n) is 5.73. The molecule has 1 N–H and O–H groups in total. The highest BCUT2D eigenvalue weighted by atomic mass is 79.9. The summed E-state index contributed by atoms with van der Waals surface area (Å²) < 4.78 is 1.92. The van der Waals surface area contributed by atoms with Crippen LogP contribution in [0.2, 0.25) is 0 Å². The number of carbonyl (C=O) groups is 1. The Hall–Kier alpha value is -2.69. The molecule has 33 heavy (non-hydrogen) atoms. The van der Waals surface area contributed by atoms with Crippen LogP contribution >= 0.6 is 31.9 Å². The molecule has 0 bridgehead atoms. The van der Waals surface area contributed by atoms with Gasteiger partial charge in [-0.3, -0.25) is 4.79 Å². The third-order valence-electron chi connectivity index (χ3n) is 7.18. The van der Waals surface area contributed by atoms with Crippen molar-refractivity contribution in [3.63, 3.8) is 0 Å². The zero-order chi connectivity index (χ0) is 22.9. The molecule has 1 aliphatic heterocycles. The molecule has 1 aliphatic carbocycles. The molecule has 162 valence electrons. The molecule has 1 heterocycles. The second kappa shape index (κ2) is 7.68. The van der Waals surface area contributed by atoms with Crippen molar-refractivity contribution in [1.29, 1.82) is 0 Å².